The molecule has 0 atom stereocenters. The first kappa shape index (κ1) is 12.9. The van der Waals surface area contributed by atoms with E-state index in [1.165, 1.54) is 4.88 Å². The van der Waals surface area contributed by atoms with Crippen molar-refractivity contribution in [2.75, 3.05) is 30.0 Å². The van der Waals surface area contributed by atoms with Crippen LogP contribution in [0.3, 0.4) is 0 Å². The highest BCUT2D eigenvalue weighted by Crippen LogP contribution is 2.24. The second-order valence-corrected chi connectivity index (χ2v) is 5.58. The van der Waals surface area contributed by atoms with Gasteiger partial charge in [-0.1, -0.05) is 11.6 Å². The summed E-state index contributed by atoms with van der Waals surface area (Å²) in [6, 6.07) is 5.75. The summed E-state index contributed by atoms with van der Waals surface area (Å²) in [5.41, 5.74) is 5.66. The summed E-state index contributed by atoms with van der Waals surface area (Å²) >= 11 is 7.47. The minimum atomic E-state index is 0.257. The summed E-state index contributed by atoms with van der Waals surface area (Å²) in [4.78, 5) is 11.4. The van der Waals surface area contributed by atoms with Crippen molar-refractivity contribution < 1.29 is 0 Å². The van der Waals surface area contributed by atoms with E-state index in [-0.39, 0.29) is 5.95 Å². The molecule has 96 valence electrons. The molecule has 0 aliphatic heterocycles. The van der Waals surface area contributed by atoms with Crippen molar-refractivity contribution in [2.45, 2.75) is 6.54 Å². The van der Waals surface area contributed by atoms with Gasteiger partial charge in [-0.25, -0.2) is 0 Å². The van der Waals surface area contributed by atoms with E-state index in [1.807, 2.05) is 30.1 Å². The Hall–Kier alpha value is -1.53. The number of nitrogens with zero attached hydrogens (tertiary/aromatic N) is 3. The molecule has 7 heteroatoms. The highest BCUT2D eigenvalue weighted by Gasteiger charge is 2.08. The minimum Gasteiger partial charge on any atom is -0.373 e. The van der Waals surface area contributed by atoms with Gasteiger partial charge in [0.15, 0.2) is 0 Å². The molecule has 2 rings (SSSR count). The van der Waals surface area contributed by atoms with Crippen LogP contribution in [0.4, 0.5) is 17.6 Å². The molecule has 0 saturated heterocycles. The summed E-state index contributed by atoms with van der Waals surface area (Å²) < 4.78 is 0.788. The van der Waals surface area contributed by atoms with Gasteiger partial charge in [0.25, 0.3) is 0 Å². The third kappa shape index (κ3) is 3.02. The number of hydrogen-bond donors (Lipinski definition) is 2. The van der Waals surface area contributed by atoms with E-state index >= 15 is 0 Å². The monoisotopic (exact) mass is 283 g/mol. The van der Waals surface area contributed by atoms with Gasteiger partial charge in [0.2, 0.25) is 5.95 Å². The molecule has 0 fully saturated rings. The first-order valence-electron chi connectivity index (χ1n) is 5.36. The van der Waals surface area contributed by atoms with Crippen LogP contribution in [0.15, 0.2) is 18.2 Å². The molecule has 0 aromatic carbocycles. The molecule has 5 nitrogen and oxygen atoms in total. The number of halogens is 1. The highest BCUT2D eigenvalue weighted by molar-refractivity contribution is 7.16. The van der Waals surface area contributed by atoms with Crippen molar-refractivity contribution in [3.05, 3.63) is 27.4 Å². The number of aromatic nitrogens is 2. The van der Waals surface area contributed by atoms with Crippen molar-refractivity contribution in [2.24, 2.45) is 0 Å². The van der Waals surface area contributed by atoms with Crippen LogP contribution < -0.4 is 16.0 Å². The summed E-state index contributed by atoms with van der Waals surface area (Å²) in [5, 5.41) is 2.95. The van der Waals surface area contributed by atoms with Gasteiger partial charge in [0.05, 0.1) is 10.9 Å². The highest BCUT2D eigenvalue weighted by atomic mass is 35.5. The fraction of sp³-hybridized carbons (Fsp3) is 0.273. The van der Waals surface area contributed by atoms with Crippen LogP contribution in [0.5, 0.6) is 0 Å². The fourth-order valence-electron chi connectivity index (χ4n) is 1.53. The van der Waals surface area contributed by atoms with E-state index in [9.17, 15) is 0 Å². The standard InChI is InChI=1S/C11H14ClN5S/c1-14-9-5-10(16-11(13)15-9)17(2)6-7-3-4-8(12)18-7/h3-5H,6H2,1-2H3,(H3,13,14,15,16). The van der Waals surface area contributed by atoms with Crippen molar-refractivity contribution in [1.82, 2.24) is 9.97 Å². The van der Waals surface area contributed by atoms with Crippen molar-refractivity contribution in [3.8, 4) is 0 Å². The van der Waals surface area contributed by atoms with Gasteiger partial charge in [-0.3, -0.25) is 0 Å². The SMILES string of the molecule is CNc1cc(N(C)Cc2ccc(Cl)s2)nc(N)n1. The number of nitrogens with two attached hydrogens (primary N) is 1. The quantitative estimate of drug-likeness (QED) is 0.902. The minimum absolute atomic E-state index is 0.257. The van der Waals surface area contributed by atoms with E-state index in [1.54, 1.807) is 18.4 Å². The first-order chi connectivity index (χ1) is 8.58. The normalized spacial score (nSPS) is 10.4. The lowest BCUT2D eigenvalue weighted by Gasteiger charge is -2.18. The molecule has 0 aliphatic carbocycles. The molecule has 0 radical (unpaired) electrons. The third-order valence-corrected chi connectivity index (χ3v) is 3.61. The number of hydrogen-bond acceptors (Lipinski definition) is 6. The van der Waals surface area contributed by atoms with E-state index in [4.69, 9.17) is 17.3 Å². The summed E-state index contributed by atoms with van der Waals surface area (Å²) in [6.07, 6.45) is 0. The maximum absolute atomic E-state index is 5.91. The van der Waals surface area contributed by atoms with Crippen LogP contribution in [0, 0.1) is 0 Å². The summed E-state index contributed by atoms with van der Waals surface area (Å²) in [5.74, 6) is 1.73. The van der Waals surface area contributed by atoms with Gasteiger partial charge >= 0.3 is 0 Å². The topological polar surface area (TPSA) is 67.1 Å². The Morgan fingerprint density at radius 3 is 2.83 bits per heavy atom. The Bertz CT molecular complexity index is 542. The number of nitrogen functional groups attached to an aromatic ring is 1. The average molecular weight is 284 g/mol. The van der Waals surface area contributed by atoms with Crippen LogP contribution in [-0.4, -0.2) is 24.1 Å². The molecule has 3 N–H and O–H groups in total. The Labute approximate surface area is 115 Å². The largest absolute Gasteiger partial charge is 0.373 e. The van der Waals surface area contributed by atoms with E-state index in [0.717, 1.165) is 16.7 Å². The second kappa shape index (κ2) is 5.41. The van der Waals surface area contributed by atoms with Gasteiger partial charge in [-0.2, -0.15) is 9.97 Å². The Kier molecular flexibility index (Phi) is 3.88. The summed E-state index contributed by atoms with van der Waals surface area (Å²) in [7, 11) is 3.75. The number of thiophene rings is 1. The third-order valence-electron chi connectivity index (χ3n) is 2.40. The predicted molar refractivity (Wildman–Crippen MR) is 77.4 cm³/mol. The lowest BCUT2D eigenvalue weighted by atomic mass is 10.4. The summed E-state index contributed by atoms with van der Waals surface area (Å²) in [6.45, 7) is 0.733. The zero-order chi connectivity index (χ0) is 13.1. The van der Waals surface area contributed by atoms with Gasteiger partial charge in [-0.05, 0) is 12.1 Å². The Balaban J connectivity index is 2.17. The molecular formula is C11H14ClN5S. The zero-order valence-electron chi connectivity index (χ0n) is 10.1. The fourth-order valence-corrected chi connectivity index (χ4v) is 2.67. The molecule has 0 unspecified atom stereocenters. The second-order valence-electron chi connectivity index (χ2n) is 3.78. The van der Waals surface area contributed by atoms with Crippen LogP contribution in [0.25, 0.3) is 0 Å². The van der Waals surface area contributed by atoms with Crippen molar-refractivity contribution >= 4 is 40.5 Å². The lowest BCUT2D eigenvalue weighted by molar-refractivity contribution is 0.908. The van der Waals surface area contributed by atoms with Crippen LogP contribution in [0.2, 0.25) is 4.34 Å². The maximum atomic E-state index is 5.91. The van der Waals surface area contributed by atoms with Gasteiger partial charge in [0.1, 0.15) is 11.6 Å². The predicted octanol–water partition coefficient (Wildman–Crippen LogP) is 2.45. The molecule has 18 heavy (non-hydrogen) atoms. The van der Waals surface area contributed by atoms with Crippen molar-refractivity contribution in [3.63, 3.8) is 0 Å². The molecule has 0 aliphatic rings. The number of anilines is 3. The molecule has 0 bridgehead atoms. The smallest absolute Gasteiger partial charge is 0.223 e. The number of rotatable bonds is 4. The maximum Gasteiger partial charge on any atom is 0.223 e. The molecule has 2 aromatic heterocycles. The first-order valence-corrected chi connectivity index (χ1v) is 6.55. The van der Waals surface area contributed by atoms with Crippen molar-refractivity contribution in [1.29, 1.82) is 0 Å². The molecule has 2 aromatic rings. The van der Waals surface area contributed by atoms with Gasteiger partial charge in [0, 0.05) is 25.0 Å². The molecular weight excluding hydrogens is 270 g/mol. The molecule has 0 spiro atoms. The molecule has 2 heterocycles. The molecule has 0 amide bonds. The Morgan fingerprint density at radius 2 is 2.22 bits per heavy atom. The Morgan fingerprint density at radius 1 is 1.44 bits per heavy atom. The van der Waals surface area contributed by atoms with E-state index < -0.39 is 0 Å². The lowest BCUT2D eigenvalue weighted by Crippen LogP contribution is -2.18. The van der Waals surface area contributed by atoms with Gasteiger partial charge < -0.3 is 16.0 Å². The average Bonchev–Trinajstić information content (AvgIpc) is 2.73. The van der Waals surface area contributed by atoms with E-state index in [2.05, 4.69) is 15.3 Å². The zero-order valence-corrected chi connectivity index (χ0v) is 11.7. The number of nitrogens with one attached hydrogen (secondary N) is 1. The van der Waals surface area contributed by atoms with Crippen LogP contribution in [-0.2, 0) is 6.54 Å². The van der Waals surface area contributed by atoms with E-state index in [0.29, 0.717) is 5.82 Å². The molecule has 0 saturated carbocycles. The van der Waals surface area contributed by atoms with Gasteiger partial charge in [-0.15, -0.1) is 11.3 Å². The van der Waals surface area contributed by atoms with Crippen LogP contribution >= 0.6 is 22.9 Å². The van der Waals surface area contributed by atoms with Crippen LogP contribution in [0.1, 0.15) is 4.88 Å².